The fraction of sp³-hybridized carbons (Fsp3) is 0.611. The second-order valence-electron chi connectivity index (χ2n) is 7.45. The maximum absolute atomic E-state index is 14.2. The molecule has 2 fully saturated rings. The zero-order valence-electron chi connectivity index (χ0n) is 14.9. The molecule has 0 amide bonds. The van der Waals surface area contributed by atoms with Crippen molar-refractivity contribution in [2.45, 2.75) is 42.8 Å². The molecule has 1 aliphatic carbocycles. The van der Waals surface area contributed by atoms with E-state index in [4.69, 9.17) is 0 Å². The van der Waals surface area contributed by atoms with E-state index in [1.165, 1.54) is 29.0 Å². The van der Waals surface area contributed by atoms with E-state index in [0.717, 1.165) is 18.7 Å². The molecular formula is C18H22F4N4S. The van der Waals surface area contributed by atoms with Crippen LogP contribution in [-0.4, -0.2) is 38.2 Å². The third-order valence-electron chi connectivity index (χ3n) is 5.37. The molecule has 4 rings (SSSR count). The summed E-state index contributed by atoms with van der Waals surface area (Å²) in [6, 6.07) is 0.908. The lowest BCUT2D eigenvalue weighted by molar-refractivity contribution is -0.155. The minimum Gasteiger partial charge on any atom is -0.358 e. The van der Waals surface area contributed by atoms with Crippen molar-refractivity contribution in [3.05, 3.63) is 17.9 Å². The molecule has 148 valence electrons. The van der Waals surface area contributed by atoms with E-state index in [0.29, 0.717) is 29.5 Å². The predicted octanol–water partition coefficient (Wildman–Crippen LogP) is 4.24. The maximum atomic E-state index is 14.2. The Morgan fingerprint density at radius 1 is 1.30 bits per heavy atom. The predicted molar refractivity (Wildman–Crippen MR) is 99.1 cm³/mol. The van der Waals surface area contributed by atoms with E-state index < -0.39 is 18.0 Å². The first-order valence-electron chi connectivity index (χ1n) is 9.19. The number of amidine groups is 1. The molecule has 1 aromatic carbocycles. The van der Waals surface area contributed by atoms with Gasteiger partial charge in [0.25, 0.3) is 0 Å². The monoisotopic (exact) mass is 402 g/mol. The van der Waals surface area contributed by atoms with Gasteiger partial charge in [0.15, 0.2) is 0 Å². The van der Waals surface area contributed by atoms with Gasteiger partial charge in [-0.3, -0.25) is 0 Å². The maximum Gasteiger partial charge on any atom is 0.408 e. The molecule has 2 heterocycles. The lowest BCUT2D eigenvalue weighted by Gasteiger charge is -2.42. The van der Waals surface area contributed by atoms with Crippen molar-refractivity contribution in [1.82, 2.24) is 10.0 Å². The zero-order valence-corrected chi connectivity index (χ0v) is 15.8. The van der Waals surface area contributed by atoms with E-state index >= 15 is 0 Å². The van der Waals surface area contributed by atoms with Gasteiger partial charge in [-0.25, -0.2) is 9.38 Å². The first kappa shape index (κ1) is 18.9. The summed E-state index contributed by atoms with van der Waals surface area (Å²) >= 11 is 1.24. The highest BCUT2D eigenvalue weighted by molar-refractivity contribution is 7.98. The second kappa shape index (κ2) is 7.16. The number of anilines is 1. The summed E-state index contributed by atoms with van der Waals surface area (Å²) < 4.78 is 58.8. The Kier molecular flexibility index (Phi) is 5.00. The minimum atomic E-state index is -4.38. The molecule has 2 atom stereocenters. The highest BCUT2D eigenvalue weighted by Crippen LogP contribution is 2.47. The van der Waals surface area contributed by atoms with Gasteiger partial charge < -0.3 is 14.9 Å². The van der Waals surface area contributed by atoms with E-state index in [9.17, 15) is 17.6 Å². The minimum absolute atomic E-state index is 0.000214. The van der Waals surface area contributed by atoms with Crippen LogP contribution in [0.25, 0.3) is 0 Å². The van der Waals surface area contributed by atoms with Crippen molar-refractivity contribution in [2.24, 2.45) is 16.8 Å². The van der Waals surface area contributed by atoms with Crippen molar-refractivity contribution in [2.75, 3.05) is 25.0 Å². The van der Waals surface area contributed by atoms with Crippen LogP contribution in [-0.2, 0) is 0 Å². The topological polar surface area (TPSA) is 39.7 Å². The zero-order chi connectivity index (χ0) is 19.2. The highest BCUT2D eigenvalue weighted by atomic mass is 32.2. The molecule has 0 spiro atoms. The highest BCUT2D eigenvalue weighted by Gasteiger charge is 2.47. The molecule has 1 saturated heterocycles. The van der Waals surface area contributed by atoms with Crippen LogP contribution in [0.1, 0.15) is 25.7 Å². The lowest BCUT2D eigenvalue weighted by Crippen LogP contribution is -2.52. The van der Waals surface area contributed by atoms with Gasteiger partial charge >= 0.3 is 6.18 Å². The smallest absolute Gasteiger partial charge is 0.358 e. The second-order valence-corrected chi connectivity index (χ2v) is 8.29. The number of aliphatic imine (C=N–C) groups is 1. The first-order chi connectivity index (χ1) is 12.9. The van der Waals surface area contributed by atoms with Crippen LogP contribution in [0.5, 0.6) is 0 Å². The van der Waals surface area contributed by atoms with Gasteiger partial charge in [-0.1, -0.05) is 0 Å². The fourth-order valence-corrected chi connectivity index (χ4v) is 4.71. The number of piperidine rings is 1. The van der Waals surface area contributed by atoms with Gasteiger partial charge in [-0.05, 0) is 69.3 Å². The molecule has 0 unspecified atom stereocenters. The summed E-state index contributed by atoms with van der Waals surface area (Å²) in [5.74, 6) is 0.530. The van der Waals surface area contributed by atoms with Crippen molar-refractivity contribution >= 4 is 29.2 Å². The van der Waals surface area contributed by atoms with Crippen LogP contribution in [0.15, 0.2) is 22.0 Å². The van der Waals surface area contributed by atoms with Gasteiger partial charge in [0.2, 0.25) is 0 Å². The van der Waals surface area contributed by atoms with Crippen molar-refractivity contribution in [3.8, 4) is 0 Å². The fourth-order valence-electron chi connectivity index (χ4n) is 3.86. The summed E-state index contributed by atoms with van der Waals surface area (Å²) in [7, 11) is 1.75. The Morgan fingerprint density at radius 2 is 2.07 bits per heavy atom. The number of nitrogens with one attached hydrogen (secondary N) is 2. The molecule has 1 saturated carbocycles. The Hall–Kier alpha value is -1.48. The van der Waals surface area contributed by atoms with Crippen LogP contribution in [0.2, 0.25) is 0 Å². The number of nitrogens with zero attached hydrogens (tertiary/aromatic N) is 2. The van der Waals surface area contributed by atoms with Gasteiger partial charge in [0, 0.05) is 12.5 Å². The molecule has 27 heavy (non-hydrogen) atoms. The van der Waals surface area contributed by atoms with Crippen LogP contribution in [0.4, 0.5) is 28.9 Å². The SMILES string of the molecule is CNC[C@@H]1CCN(c2cc(F)cc3c2N=C(C2CC2)NS3)[C@H](C(F)(F)F)C1. The molecule has 0 radical (unpaired) electrons. The third-order valence-corrected chi connectivity index (χ3v) is 6.21. The normalized spacial score (nSPS) is 25.7. The molecule has 9 heteroatoms. The average Bonchev–Trinajstić information content (AvgIpc) is 3.45. The summed E-state index contributed by atoms with van der Waals surface area (Å²) in [6.07, 6.45) is -1.70. The standard InChI is InChI=1S/C18H22F4N4S/c1-23-9-10-4-5-26(15(6-10)18(20,21)22)13-7-12(19)8-14-16(13)24-17(25-27-14)11-2-3-11/h7-8,10-11,15,23H,2-6,9H2,1H3,(H,24,25)/t10-,15+/m1/s1. The Balaban J connectivity index is 1.72. The van der Waals surface area contributed by atoms with E-state index in [1.807, 2.05) is 0 Å². The molecule has 1 aromatic rings. The van der Waals surface area contributed by atoms with Crippen molar-refractivity contribution in [1.29, 1.82) is 0 Å². The number of rotatable bonds is 4. The third kappa shape index (κ3) is 3.89. The largest absolute Gasteiger partial charge is 0.408 e. The van der Waals surface area contributed by atoms with Crippen LogP contribution in [0.3, 0.4) is 0 Å². The molecule has 0 bridgehead atoms. The Bertz CT molecular complexity index is 748. The molecular weight excluding hydrogens is 380 g/mol. The van der Waals surface area contributed by atoms with Crippen molar-refractivity contribution < 1.29 is 17.6 Å². The van der Waals surface area contributed by atoms with E-state index in [1.54, 1.807) is 7.05 Å². The number of hydrogen-bond acceptors (Lipinski definition) is 5. The lowest BCUT2D eigenvalue weighted by atomic mass is 9.89. The van der Waals surface area contributed by atoms with E-state index in [2.05, 4.69) is 15.0 Å². The Labute approximate surface area is 159 Å². The summed E-state index contributed by atoms with van der Waals surface area (Å²) in [5.41, 5.74) is 0.714. The molecule has 0 aromatic heterocycles. The molecule has 4 nitrogen and oxygen atoms in total. The first-order valence-corrected chi connectivity index (χ1v) is 10.0. The van der Waals surface area contributed by atoms with Gasteiger partial charge in [0.1, 0.15) is 23.4 Å². The number of benzene rings is 1. The Morgan fingerprint density at radius 3 is 2.74 bits per heavy atom. The van der Waals surface area contributed by atoms with Gasteiger partial charge in [-0.2, -0.15) is 13.2 Å². The van der Waals surface area contributed by atoms with Crippen LogP contribution >= 0.6 is 11.9 Å². The van der Waals surface area contributed by atoms with Gasteiger partial charge in [0.05, 0.1) is 10.6 Å². The van der Waals surface area contributed by atoms with Crippen LogP contribution in [0, 0.1) is 17.7 Å². The molecule has 2 N–H and O–H groups in total. The summed E-state index contributed by atoms with van der Waals surface area (Å²) in [6.45, 7) is 0.782. The number of fused-ring (bicyclic) bond motifs is 1. The number of alkyl halides is 3. The average molecular weight is 402 g/mol. The number of hydrogen-bond donors (Lipinski definition) is 2. The summed E-state index contributed by atoms with van der Waals surface area (Å²) in [4.78, 5) is 6.44. The summed E-state index contributed by atoms with van der Waals surface area (Å²) in [5, 5.41) is 2.97. The van der Waals surface area contributed by atoms with Crippen LogP contribution < -0.4 is 14.9 Å². The van der Waals surface area contributed by atoms with Crippen molar-refractivity contribution in [3.63, 3.8) is 0 Å². The molecule has 2 aliphatic heterocycles. The number of halogens is 4. The van der Waals surface area contributed by atoms with E-state index in [-0.39, 0.29) is 24.6 Å². The van der Waals surface area contributed by atoms with Gasteiger partial charge in [-0.15, -0.1) is 0 Å². The molecule has 3 aliphatic rings. The quantitative estimate of drug-likeness (QED) is 0.584.